The number of rotatable bonds is 7. The molecule has 158 valence electrons. The summed E-state index contributed by atoms with van der Waals surface area (Å²) >= 11 is 0. The van der Waals surface area contributed by atoms with Gasteiger partial charge in [0.2, 0.25) is 17.7 Å². The smallest absolute Gasteiger partial charge is 0.269 e. The lowest BCUT2D eigenvalue weighted by Gasteiger charge is -2.30. The van der Waals surface area contributed by atoms with Gasteiger partial charge in [-0.2, -0.15) is 0 Å². The van der Waals surface area contributed by atoms with E-state index in [-0.39, 0.29) is 53.5 Å². The number of carbonyl (C=O) groups is 3. The normalized spacial score (nSPS) is 27.5. The zero-order valence-corrected chi connectivity index (χ0v) is 17.1. The van der Waals surface area contributed by atoms with Gasteiger partial charge in [0.1, 0.15) is 0 Å². The molecule has 0 spiro atoms. The number of carbonyl (C=O) groups excluding carboxylic acids is 3. The molecule has 1 aliphatic heterocycles. The number of likely N-dealkylation sites (tertiary alicyclic amines) is 1. The van der Waals surface area contributed by atoms with Crippen LogP contribution in [0.4, 0.5) is 5.69 Å². The molecule has 30 heavy (non-hydrogen) atoms. The molecule has 4 rings (SSSR count). The summed E-state index contributed by atoms with van der Waals surface area (Å²) in [4.78, 5) is 53.2. The van der Waals surface area contributed by atoms with Crippen LogP contribution in [0, 0.1) is 33.8 Å². The lowest BCUT2D eigenvalue weighted by molar-refractivity contribution is -0.385. The van der Waals surface area contributed by atoms with Crippen molar-refractivity contribution in [1.29, 1.82) is 0 Å². The Hall–Kier alpha value is -3.03. The van der Waals surface area contributed by atoms with Crippen molar-refractivity contribution in [2.24, 2.45) is 23.7 Å². The van der Waals surface area contributed by atoms with Gasteiger partial charge < -0.3 is 4.90 Å². The van der Waals surface area contributed by atoms with E-state index in [1.807, 2.05) is 26.0 Å². The molecule has 5 atom stereocenters. The van der Waals surface area contributed by atoms with Crippen LogP contribution in [0.15, 0.2) is 36.4 Å². The van der Waals surface area contributed by atoms with Crippen molar-refractivity contribution in [1.82, 2.24) is 9.80 Å². The number of nitro groups is 1. The fourth-order valence-electron chi connectivity index (χ4n) is 5.31. The molecule has 2 fully saturated rings. The summed E-state index contributed by atoms with van der Waals surface area (Å²) in [6, 6.07) is 5.05. The quantitative estimate of drug-likeness (QED) is 0.297. The molecule has 1 aromatic carbocycles. The second-order valence-electron chi connectivity index (χ2n) is 8.18. The lowest BCUT2D eigenvalue weighted by Crippen LogP contribution is -2.40. The SMILES string of the molecule is CCN(CC)C(=O)CC(c1cccc([N+](=O)[O-])c1)N1C(=O)C2C3C=CC(C3)C2C1=O. The Labute approximate surface area is 174 Å². The number of fused-ring (bicyclic) bond motifs is 5. The van der Waals surface area contributed by atoms with Gasteiger partial charge in [0.25, 0.3) is 5.69 Å². The third-order valence-electron chi connectivity index (χ3n) is 6.77. The van der Waals surface area contributed by atoms with Crippen LogP contribution >= 0.6 is 0 Å². The minimum atomic E-state index is -0.844. The fourth-order valence-corrected chi connectivity index (χ4v) is 5.31. The van der Waals surface area contributed by atoms with Crippen LogP contribution in [0.3, 0.4) is 0 Å². The third kappa shape index (κ3) is 3.11. The van der Waals surface area contributed by atoms with Gasteiger partial charge in [-0.05, 0) is 37.7 Å². The average Bonchev–Trinajstić information content (AvgIpc) is 3.41. The number of amides is 3. The maximum Gasteiger partial charge on any atom is 0.269 e. The highest BCUT2D eigenvalue weighted by atomic mass is 16.6. The van der Waals surface area contributed by atoms with E-state index >= 15 is 0 Å². The number of benzene rings is 1. The molecule has 8 heteroatoms. The number of nitro benzene ring substituents is 1. The summed E-state index contributed by atoms with van der Waals surface area (Å²) in [7, 11) is 0. The van der Waals surface area contributed by atoms with Crippen molar-refractivity contribution in [3.8, 4) is 0 Å². The van der Waals surface area contributed by atoms with Gasteiger partial charge in [0.05, 0.1) is 29.2 Å². The Morgan fingerprint density at radius 1 is 1.17 bits per heavy atom. The van der Waals surface area contributed by atoms with E-state index in [2.05, 4.69) is 0 Å². The average molecular weight is 411 g/mol. The summed E-state index contributed by atoms with van der Waals surface area (Å²) in [5, 5.41) is 11.3. The maximum atomic E-state index is 13.3. The maximum absolute atomic E-state index is 13.3. The van der Waals surface area contributed by atoms with Crippen molar-refractivity contribution < 1.29 is 19.3 Å². The van der Waals surface area contributed by atoms with Gasteiger partial charge in [-0.1, -0.05) is 24.3 Å². The molecular weight excluding hydrogens is 386 g/mol. The molecule has 0 radical (unpaired) electrons. The first-order valence-electron chi connectivity index (χ1n) is 10.4. The Kier molecular flexibility index (Phi) is 5.17. The Morgan fingerprint density at radius 3 is 2.30 bits per heavy atom. The molecule has 3 amide bonds. The molecule has 5 unspecified atom stereocenters. The minimum Gasteiger partial charge on any atom is -0.343 e. The van der Waals surface area contributed by atoms with Crippen molar-refractivity contribution in [2.45, 2.75) is 32.7 Å². The van der Waals surface area contributed by atoms with E-state index in [0.717, 1.165) is 6.42 Å². The van der Waals surface area contributed by atoms with Gasteiger partial charge in [-0.15, -0.1) is 0 Å². The van der Waals surface area contributed by atoms with Crippen molar-refractivity contribution in [3.63, 3.8) is 0 Å². The van der Waals surface area contributed by atoms with Crippen LogP contribution in [0.1, 0.15) is 38.3 Å². The molecule has 0 N–H and O–H groups in total. The number of imide groups is 1. The zero-order chi connectivity index (χ0) is 21.6. The predicted molar refractivity (Wildman–Crippen MR) is 108 cm³/mol. The summed E-state index contributed by atoms with van der Waals surface area (Å²) in [6.07, 6.45) is 4.77. The van der Waals surface area contributed by atoms with Gasteiger partial charge in [0, 0.05) is 25.2 Å². The van der Waals surface area contributed by atoms with Gasteiger partial charge in [-0.3, -0.25) is 29.4 Å². The molecule has 1 aromatic rings. The van der Waals surface area contributed by atoms with E-state index in [0.29, 0.717) is 18.7 Å². The van der Waals surface area contributed by atoms with Crippen LogP contribution in [0.25, 0.3) is 0 Å². The van der Waals surface area contributed by atoms with Gasteiger partial charge >= 0.3 is 0 Å². The van der Waals surface area contributed by atoms with Crippen molar-refractivity contribution in [2.75, 3.05) is 13.1 Å². The highest BCUT2D eigenvalue weighted by Crippen LogP contribution is 2.54. The van der Waals surface area contributed by atoms with E-state index in [1.54, 1.807) is 11.0 Å². The molecule has 3 aliphatic rings. The molecule has 1 saturated heterocycles. The van der Waals surface area contributed by atoms with Gasteiger partial charge in [0.15, 0.2) is 0 Å². The highest BCUT2D eigenvalue weighted by Gasteiger charge is 2.60. The van der Waals surface area contributed by atoms with Crippen molar-refractivity contribution in [3.05, 3.63) is 52.1 Å². The molecule has 1 heterocycles. The molecule has 1 saturated carbocycles. The number of hydrogen-bond acceptors (Lipinski definition) is 5. The van der Waals surface area contributed by atoms with E-state index in [9.17, 15) is 24.5 Å². The van der Waals surface area contributed by atoms with Gasteiger partial charge in [-0.25, -0.2) is 0 Å². The van der Waals surface area contributed by atoms with Crippen LogP contribution in [-0.2, 0) is 14.4 Å². The monoisotopic (exact) mass is 411 g/mol. The Balaban J connectivity index is 1.71. The standard InChI is InChI=1S/C22H25N3O5/c1-3-23(4-2)18(26)12-17(13-6-5-7-16(11-13)25(29)30)24-21(27)19-14-8-9-15(10-14)20(19)22(24)28/h5-9,11,14-15,17,19-20H,3-4,10,12H2,1-2H3. The molecular formula is C22H25N3O5. The largest absolute Gasteiger partial charge is 0.343 e. The van der Waals surface area contributed by atoms with Crippen molar-refractivity contribution >= 4 is 23.4 Å². The summed E-state index contributed by atoms with van der Waals surface area (Å²) in [5.41, 5.74) is 0.306. The Bertz CT molecular complexity index is 908. The predicted octanol–water partition coefficient (Wildman–Crippen LogP) is 2.70. The molecule has 2 aliphatic carbocycles. The van der Waals surface area contributed by atoms with E-state index < -0.39 is 11.0 Å². The second kappa shape index (κ2) is 7.66. The lowest BCUT2D eigenvalue weighted by atomic mass is 9.85. The first-order valence-corrected chi connectivity index (χ1v) is 10.4. The summed E-state index contributed by atoms with van der Waals surface area (Å²) in [5.74, 6) is -1.34. The van der Waals surface area contributed by atoms with E-state index in [1.165, 1.54) is 23.1 Å². The van der Waals surface area contributed by atoms with E-state index in [4.69, 9.17) is 0 Å². The topological polar surface area (TPSA) is 101 Å². The zero-order valence-electron chi connectivity index (χ0n) is 17.1. The fraction of sp³-hybridized carbons (Fsp3) is 0.500. The second-order valence-corrected chi connectivity index (χ2v) is 8.18. The van der Waals surface area contributed by atoms with Crippen LogP contribution < -0.4 is 0 Å². The number of nitrogens with zero attached hydrogens (tertiary/aromatic N) is 3. The molecule has 0 aromatic heterocycles. The highest BCUT2D eigenvalue weighted by molar-refractivity contribution is 6.07. The molecule has 8 nitrogen and oxygen atoms in total. The van der Waals surface area contributed by atoms with Crippen LogP contribution in [-0.4, -0.2) is 45.5 Å². The summed E-state index contributed by atoms with van der Waals surface area (Å²) < 4.78 is 0. The third-order valence-corrected chi connectivity index (χ3v) is 6.77. The van der Waals surface area contributed by atoms with Crippen LogP contribution in [0.5, 0.6) is 0 Å². The first-order chi connectivity index (χ1) is 14.4. The summed E-state index contributed by atoms with van der Waals surface area (Å²) in [6.45, 7) is 4.75. The molecule has 2 bridgehead atoms. The number of allylic oxidation sites excluding steroid dienone is 2. The number of non-ortho nitro benzene ring substituents is 1. The van der Waals surface area contributed by atoms with Crippen LogP contribution in [0.2, 0.25) is 0 Å². The Morgan fingerprint density at radius 2 is 1.77 bits per heavy atom. The first kappa shape index (κ1) is 20.3. The minimum absolute atomic E-state index is 0.0608. The number of hydrogen-bond donors (Lipinski definition) is 0.